The number of carbonyl (C=O) groups is 1. The zero-order chi connectivity index (χ0) is 21.8. The summed E-state index contributed by atoms with van der Waals surface area (Å²) in [6.45, 7) is 5.82. The third kappa shape index (κ3) is 4.81. The smallest absolute Gasteiger partial charge is 0.235 e. The second-order valence-electron chi connectivity index (χ2n) is 7.33. The quantitative estimate of drug-likeness (QED) is 0.518. The molecule has 3 aromatic rings. The molecule has 4 rings (SSSR count). The van der Waals surface area contributed by atoms with Gasteiger partial charge < -0.3 is 14.6 Å². The fourth-order valence-corrected chi connectivity index (χ4v) is 4.96. The van der Waals surface area contributed by atoms with Gasteiger partial charge in [0, 0.05) is 17.2 Å². The van der Waals surface area contributed by atoms with Gasteiger partial charge >= 0.3 is 0 Å². The maximum Gasteiger partial charge on any atom is 0.235 e. The van der Waals surface area contributed by atoms with Crippen molar-refractivity contribution in [3.63, 3.8) is 0 Å². The maximum atomic E-state index is 12.8. The molecule has 11 heteroatoms. The number of nitrogens with one attached hydrogen (secondary N) is 1. The van der Waals surface area contributed by atoms with Crippen molar-refractivity contribution in [3.8, 4) is 6.07 Å². The van der Waals surface area contributed by atoms with E-state index in [9.17, 15) is 10.1 Å². The second kappa shape index (κ2) is 9.64. The summed E-state index contributed by atoms with van der Waals surface area (Å²) in [5.41, 5.74) is 2.34. The van der Waals surface area contributed by atoms with Crippen molar-refractivity contribution in [2.24, 2.45) is 0 Å². The molecule has 0 saturated carbocycles. The standard InChI is InChI=1S/C20H23N7O2S2/c1-13-14(2)26(10-15-5-3-7-29-15)19(17(13)9-21)22-18(28)12-31-20-23-24-25-27(20)11-16-6-4-8-30-16/h4,6,8,15H,3,5,7,10-12H2,1-2H3,(H,22,28). The number of rotatable bonds is 8. The minimum atomic E-state index is -0.210. The molecule has 3 aromatic heterocycles. The van der Waals surface area contributed by atoms with E-state index in [1.54, 1.807) is 16.0 Å². The third-order valence-corrected chi connectivity index (χ3v) is 7.14. The zero-order valence-electron chi connectivity index (χ0n) is 17.4. The number of nitriles is 1. The normalized spacial score (nSPS) is 15.8. The molecular formula is C20H23N7O2S2. The summed E-state index contributed by atoms with van der Waals surface area (Å²) in [4.78, 5) is 13.9. The van der Waals surface area contributed by atoms with Gasteiger partial charge in [-0.05, 0) is 54.1 Å². The van der Waals surface area contributed by atoms with Gasteiger partial charge in [-0.2, -0.15) is 5.26 Å². The van der Waals surface area contributed by atoms with E-state index in [2.05, 4.69) is 26.9 Å². The predicted molar refractivity (Wildman–Crippen MR) is 118 cm³/mol. The van der Waals surface area contributed by atoms with Crippen LogP contribution in [0, 0.1) is 25.2 Å². The fraction of sp³-hybridized carbons (Fsp3) is 0.450. The summed E-state index contributed by atoms with van der Waals surface area (Å²) >= 11 is 2.90. The van der Waals surface area contributed by atoms with Crippen molar-refractivity contribution in [2.75, 3.05) is 17.7 Å². The van der Waals surface area contributed by atoms with Gasteiger partial charge in [-0.1, -0.05) is 17.8 Å². The molecule has 1 amide bonds. The summed E-state index contributed by atoms with van der Waals surface area (Å²) in [6, 6.07) is 6.24. The first kappa shape index (κ1) is 21.5. The number of thioether (sulfide) groups is 1. The Balaban J connectivity index is 1.45. The number of tetrazole rings is 1. The van der Waals surface area contributed by atoms with Gasteiger partial charge in [0.15, 0.2) is 0 Å². The van der Waals surface area contributed by atoms with Gasteiger partial charge in [0.1, 0.15) is 11.9 Å². The Hall–Kier alpha value is -2.68. The predicted octanol–water partition coefficient (Wildman–Crippen LogP) is 2.98. The fourth-order valence-electron chi connectivity index (χ4n) is 3.60. The molecule has 1 atom stereocenters. The van der Waals surface area contributed by atoms with Crippen LogP contribution in [0.25, 0.3) is 0 Å². The van der Waals surface area contributed by atoms with E-state index in [0.717, 1.165) is 35.6 Å². The Labute approximate surface area is 188 Å². The van der Waals surface area contributed by atoms with Gasteiger partial charge in [0.05, 0.1) is 30.5 Å². The Morgan fingerprint density at radius 1 is 1.48 bits per heavy atom. The molecule has 1 aliphatic heterocycles. The van der Waals surface area contributed by atoms with Crippen LogP contribution in [0.1, 0.15) is 34.5 Å². The molecule has 31 heavy (non-hydrogen) atoms. The van der Waals surface area contributed by atoms with Crippen LogP contribution in [0.15, 0.2) is 22.7 Å². The van der Waals surface area contributed by atoms with E-state index in [1.165, 1.54) is 11.8 Å². The van der Waals surface area contributed by atoms with Crippen LogP contribution in [0.5, 0.6) is 0 Å². The molecule has 4 heterocycles. The number of hydrogen-bond donors (Lipinski definition) is 1. The Morgan fingerprint density at radius 2 is 2.35 bits per heavy atom. The van der Waals surface area contributed by atoms with Gasteiger partial charge in [-0.25, -0.2) is 4.68 Å². The van der Waals surface area contributed by atoms with E-state index in [0.29, 0.717) is 29.6 Å². The number of thiophene rings is 1. The average Bonchev–Trinajstić information content (AvgIpc) is 3.55. The Bertz CT molecular complexity index is 1090. The van der Waals surface area contributed by atoms with E-state index in [4.69, 9.17) is 4.74 Å². The minimum absolute atomic E-state index is 0.101. The highest BCUT2D eigenvalue weighted by Crippen LogP contribution is 2.29. The van der Waals surface area contributed by atoms with Crippen LogP contribution in [0.3, 0.4) is 0 Å². The first-order valence-electron chi connectivity index (χ1n) is 9.99. The average molecular weight is 458 g/mol. The van der Waals surface area contributed by atoms with E-state index in [1.807, 2.05) is 35.9 Å². The minimum Gasteiger partial charge on any atom is -0.376 e. The van der Waals surface area contributed by atoms with E-state index < -0.39 is 0 Å². The third-order valence-electron chi connectivity index (χ3n) is 5.33. The molecule has 1 N–H and O–H groups in total. The van der Waals surface area contributed by atoms with Gasteiger partial charge in [-0.15, -0.1) is 16.4 Å². The first-order chi connectivity index (χ1) is 15.1. The van der Waals surface area contributed by atoms with Gasteiger partial charge in [-0.3, -0.25) is 4.79 Å². The van der Waals surface area contributed by atoms with Crippen molar-refractivity contribution in [2.45, 2.75) is 51.0 Å². The highest BCUT2D eigenvalue weighted by atomic mass is 32.2. The lowest BCUT2D eigenvalue weighted by molar-refractivity contribution is -0.113. The topological polar surface area (TPSA) is 111 Å². The second-order valence-corrected chi connectivity index (χ2v) is 9.30. The van der Waals surface area contributed by atoms with Crippen LogP contribution in [-0.2, 0) is 22.6 Å². The molecule has 1 unspecified atom stereocenters. The number of carbonyl (C=O) groups excluding carboxylic acids is 1. The molecule has 0 bridgehead atoms. The lowest BCUT2D eigenvalue weighted by Gasteiger charge is -2.16. The molecule has 0 spiro atoms. The highest BCUT2D eigenvalue weighted by Gasteiger charge is 2.24. The van der Waals surface area contributed by atoms with Crippen molar-refractivity contribution < 1.29 is 9.53 Å². The molecule has 1 aliphatic rings. The maximum absolute atomic E-state index is 12.8. The molecule has 0 aliphatic carbocycles. The molecular weight excluding hydrogens is 434 g/mol. The highest BCUT2D eigenvalue weighted by molar-refractivity contribution is 7.99. The van der Waals surface area contributed by atoms with Crippen molar-refractivity contribution in [1.29, 1.82) is 5.26 Å². The molecule has 1 saturated heterocycles. The van der Waals surface area contributed by atoms with E-state index in [-0.39, 0.29) is 17.8 Å². The lowest BCUT2D eigenvalue weighted by Crippen LogP contribution is -2.22. The van der Waals surface area contributed by atoms with Gasteiger partial charge in [0.2, 0.25) is 11.1 Å². The van der Waals surface area contributed by atoms with Crippen LogP contribution in [-0.4, -0.2) is 49.1 Å². The first-order valence-corrected chi connectivity index (χ1v) is 11.9. The summed E-state index contributed by atoms with van der Waals surface area (Å²) in [7, 11) is 0. The van der Waals surface area contributed by atoms with Gasteiger partial charge in [0.25, 0.3) is 0 Å². The number of nitrogens with zero attached hydrogens (tertiary/aromatic N) is 6. The summed E-state index contributed by atoms with van der Waals surface area (Å²) in [5.74, 6) is 0.467. The van der Waals surface area contributed by atoms with Crippen LogP contribution in [0.2, 0.25) is 0 Å². The molecule has 162 valence electrons. The largest absolute Gasteiger partial charge is 0.376 e. The number of aromatic nitrogens is 5. The molecule has 0 aromatic carbocycles. The van der Waals surface area contributed by atoms with Crippen molar-refractivity contribution >= 4 is 34.8 Å². The number of amides is 1. The summed E-state index contributed by atoms with van der Waals surface area (Å²) < 4.78 is 9.44. The lowest BCUT2D eigenvalue weighted by atomic mass is 10.2. The molecule has 0 radical (unpaired) electrons. The summed E-state index contributed by atoms with van der Waals surface area (Å²) in [5, 5.41) is 27.0. The van der Waals surface area contributed by atoms with Crippen LogP contribution in [0.4, 0.5) is 5.82 Å². The molecule has 9 nitrogen and oxygen atoms in total. The Kier molecular flexibility index (Phi) is 6.70. The van der Waals surface area contributed by atoms with Crippen LogP contribution < -0.4 is 5.32 Å². The Morgan fingerprint density at radius 3 is 3.06 bits per heavy atom. The van der Waals surface area contributed by atoms with Crippen molar-refractivity contribution in [3.05, 3.63) is 39.2 Å². The SMILES string of the molecule is Cc1c(C#N)c(NC(=O)CSc2nnnn2Cc2cccs2)n(CC2CCCO2)c1C. The molecule has 1 fully saturated rings. The van der Waals surface area contributed by atoms with Crippen LogP contribution >= 0.6 is 23.1 Å². The number of hydrogen-bond acceptors (Lipinski definition) is 8. The monoisotopic (exact) mass is 457 g/mol. The van der Waals surface area contributed by atoms with Crippen molar-refractivity contribution in [1.82, 2.24) is 24.8 Å². The summed E-state index contributed by atoms with van der Waals surface area (Å²) in [6.07, 6.45) is 2.12. The number of ether oxygens (including phenoxy) is 1. The zero-order valence-corrected chi connectivity index (χ0v) is 19.0. The van der Waals surface area contributed by atoms with E-state index >= 15 is 0 Å². The number of anilines is 1.